The molecule has 1 aromatic carbocycles. The Morgan fingerprint density at radius 2 is 1.93 bits per heavy atom. The van der Waals surface area contributed by atoms with Gasteiger partial charge in [0.25, 0.3) is 5.69 Å². The van der Waals surface area contributed by atoms with Gasteiger partial charge < -0.3 is 10.0 Å². The number of hydrogen-bond acceptors (Lipinski definition) is 6. The molecule has 0 radical (unpaired) electrons. The highest BCUT2D eigenvalue weighted by molar-refractivity contribution is 7.89. The summed E-state index contributed by atoms with van der Waals surface area (Å²) in [5.41, 5.74) is -0.232. The Morgan fingerprint density at radius 1 is 1.36 bits per heavy atom. The molecule has 10 nitrogen and oxygen atoms in total. The van der Waals surface area contributed by atoms with Crippen molar-refractivity contribution >= 4 is 27.6 Å². The van der Waals surface area contributed by atoms with Gasteiger partial charge in [0.05, 0.1) is 22.2 Å². The van der Waals surface area contributed by atoms with Crippen LogP contribution in [0.5, 0.6) is 0 Å². The lowest BCUT2D eigenvalue weighted by molar-refractivity contribution is -0.384. The van der Waals surface area contributed by atoms with Gasteiger partial charge in [0.2, 0.25) is 15.9 Å². The van der Waals surface area contributed by atoms with Crippen LogP contribution in [0.1, 0.15) is 19.8 Å². The molecule has 2 unspecified atom stereocenters. The molecule has 0 heterocycles. The number of aliphatic carboxylic acids is 1. The average molecular weight is 413 g/mol. The molecule has 2 N–H and O–H groups in total. The van der Waals surface area contributed by atoms with Crippen LogP contribution in [0, 0.1) is 16.0 Å². The number of benzene rings is 1. The molecule has 11 heteroatoms. The Hall–Kier alpha value is -2.79. The van der Waals surface area contributed by atoms with Crippen molar-refractivity contribution in [1.82, 2.24) is 9.62 Å². The van der Waals surface area contributed by atoms with E-state index in [0.717, 1.165) is 24.3 Å². The number of non-ortho nitro benzene ring substituents is 1. The third kappa shape index (κ3) is 6.43. The number of likely N-dealkylation sites (N-methyl/N-ethyl adjacent to an activating group) is 1. The van der Waals surface area contributed by atoms with Gasteiger partial charge in [-0.15, -0.1) is 6.58 Å². The van der Waals surface area contributed by atoms with Gasteiger partial charge >= 0.3 is 5.97 Å². The van der Waals surface area contributed by atoms with Gasteiger partial charge in [-0.2, -0.15) is 0 Å². The number of carbonyl (C=O) groups excluding carboxylic acids is 1. The minimum Gasteiger partial charge on any atom is -0.481 e. The lowest BCUT2D eigenvalue weighted by atomic mass is 9.99. The number of carboxylic acids is 1. The van der Waals surface area contributed by atoms with E-state index in [-0.39, 0.29) is 30.0 Å². The number of sulfonamides is 1. The number of carboxylic acid groups (broad SMARTS) is 1. The highest BCUT2D eigenvalue weighted by atomic mass is 32.2. The van der Waals surface area contributed by atoms with E-state index >= 15 is 0 Å². The standard InChI is InChI=1S/C17H23N3O7S/c1-4-5-13(10-16(21)22)17(23)19(3)12(2)11-18-28(26,27)15-8-6-14(7-9-15)20(24)25/h4,6-9,12-13,18H,1,5,10-11H2,2-3H3,(H,21,22). The maximum Gasteiger partial charge on any atom is 0.304 e. The van der Waals surface area contributed by atoms with Crippen LogP contribution in [0.2, 0.25) is 0 Å². The lowest BCUT2D eigenvalue weighted by Gasteiger charge is -2.28. The molecule has 154 valence electrons. The predicted octanol–water partition coefficient (Wildman–Crippen LogP) is 1.39. The fraction of sp³-hybridized carbons (Fsp3) is 0.412. The van der Waals surface area contributed by atoms with Crippen LogP contribution in [0.3, 0.4) is 0 Å². The zero-order valence-electron chi connectivity index (χ0n) is 15.6. The summed E-state index contributed by atoms with van der Waals surface area (Å²) in [4.78, 5) is 34.6. The predicted molar refractivity (Wildman–Crippen MR) is 101 cm³/mol. The van der Waals surface area contributed by atoms with Crippen molar-refractivity contribution in [3.63, 3.8) is 0 Å². The normalized spacial score (nSPS) is 13.4. The third-order valence-electron chi connectivity index (χ3n) is 4.16. The van der Waals surface area contributed by atoms with Crippen molar-refractivity contribution in [3.05, 3.63) is 47.0 Å². The summed E-state index contributed by atoms with van der Waals surface area (Å²) in [5, 5.41) is 19.6. The Kier molecular flexibility index (Phi) is 8.26. The van der Waals surface area contributed by atoms with E-state index in [1.165, 1.54) is 18.0 Å². The molecule has 0 aliphatic heterocycles. The second-order valence-corrected chi connectivity index (χ2v) is 7.99. The van der Waals surface area contributed by atoms with Crippen LogP contribution in [-0.4, -0.2) is 54.9 Å². The van der Waals surface area contributed by atoms with Crippen LogP contribution >= 0.6 is 0 Å². The fourth-order valence-corrected chi connectivity index (χ4v) is 3.51. The summed E-state index contributed by atoms with van der Waals surface area (Å²) < 4.78 is 27.0. The summed E-state index contributed by atoms with van der Waals surface area (Å²) in [6.45, 7) is 5.01. The molecule has 1 aromatic rings. The van der Waals surface area contributed by atoms with Crippen molar-refractivity contribution in [2.45, 2.75) is 30.7 Å². The zero-order chi connectivity index (χ0) is 21.5. The Labute approximate surface area is 163 Å². The molecule has 0 spiro atoms. The molecule has 0 aliphatic rings. The van der Waals surface area contributed by atoms with Gasteiger partial charge in [-0.3, -0.25) is 19.7 Å². The number of nitrogens with one attached hydrogen (secondary N) is 1. The van der Waals surface area contributed by atoms with E-state index in [1.807, 2.05) is 0 Å². The van der Waals surface area contributed by atoms with E-state index in [9.17, 15) is 28.1 Å². The Balaban J connectivity index is 2.78. The summed E-state index contributed by atoms with van der Waals surface area (Å²) in [7, 11) is -2.46. The van der Waals surface area contributed by atoms with Crippen LogP contribution in [0.4, 0.5) is 5.69 Å². The molecule has 28 heavy (non-hydrogen) atoms. The van der Waals surface area contributed by atoms with Crippen molar-refractivity contribution in [1.29, 1.82) is 0 Å². The second kappa shape index (κ2) is 9.95. The molecule has 0 fully saturated rings. The first-order valence-corrected chi connectivity index (χ1v) is 9.81. The topological polar surface area (TPSA) is 147 Å². The molecule has 0 saturated heterocycles. The summed E-state index contributed by atoms with van der Waals surface area (Å²) >= 11 is 0. The van der Waals surface area contributed by atoms with Gasteiger partial charge in [-0.25, -0.2) is 13.1 Å². The van der Waals surface area contributed by atoms with Gasteiger partial charge in [-0.05, 0) is 25.5 Å². The van der Waals surface area contributed by atoms with Crippen LogP contribution in [-0.2, 0) is 19.6 Å². The Morgan fingerprint density at radius 3 is 2.39 bits per heavy atom. The number of amides is 1. The quantitative estimate of drug-likeness (QED) is 0.316. The number of allylic oxidation sites excluding steroid dienone is 1. The van der Waals surface area contributed by atoms with Crippen LogP contribution < -0.4 is 4.72 Å². The number of hydrogen-bond donors (Lipinski definition) is 2. The first-order chi connectivity index (χ1) is 13.0. The minimum atomic E-state index is -3.93. The zero-order valence-corrected chi connectivity index (χ0v) is 16.4. The van der Waals surface area contributed by atoms with E-state index in [1.54, 1.807) is 6.92 Å². The third-order valence-corrected chi connectivity index (χ3v) is 5.60. The van der Waals surface area contributed by atoms with Crippen molar-refractivity contribution in [3.8, 4) is 0 Å². The van der Waals surface area contributed by atoms with Crippen molar-refractivity contribution < 1.29 is 28.0 Å². The minimum absolute atomic E-state index is 0.116. The van der Waals surface area contributed by atoms with Crippen LogP contribution in [0.25, 0.3) is 0 Å². The SMILES string of the molecule is C=CCC(CC(=O)O)C(=O)N(C)C(C)CNS(=O)(=O)c1ccc([N+](=O)[O-])cc1. The highest BCUT2D eigenvalue weighted by Crippen LogP contribution is 2.17. The fourth-order valence-electron chi connectivity index (χ4n) is 2.39. The molecule has 1 rings (SSSR count). The molecule has 0 aliphatic carbocycles. The van der Waals surface area contributed by atoms with Gasteiger partial charge in [0.15, 0.2) is 0 Å². The average Bonchev–Trinajstić information content (AvgIpc) is 2.64. The van der Waals surface area contributed by atoms with E-state index < -0.39 is 38.8 Å². The monoisotopic (exact) mass is 413 g/mol. The number of carbonyl (C=O) groups is 2. The molecule has 0 bridgehead atoms. The first-order valence-electron chi connectivity index (χ1n) is 8.33. The number of rotatable bonds is 11. The maximum atomic E-state index is 12.5. The molecule has 2 atom stereocenters. The smallest absolute Gasteiger partial charge is 0.304 e. The summed E-state index contributed by atoms with van der Waals surface area (Å²) in [6.07, 6.45) is 1.30. The molecule has 1 amide bonds. The first kappa shape index (κ1) is 23.2. The number of nitro benzene ring substituents is 1. The van der Waals surface area contributed by atoms with Gasteiger partial charge in [-0.1, -0.05) is 6.08 Å². The Bertz CT molecular complexity index is 837. The van der Waals surface area contributed by atoms with E-state index in [4.69, 9.17) is 5.11 Å². The van der Waals surface area contributed by atoms with Gasteiger partial charge in [0, 0.05) is 31.8 Å². The van der Waals surface area contributed by atoms with Gasteiger partial charge in [0.1, 0.15) is 0 Å². The summed E-state index contributed by atoms with van der Waals surface area (Å²) in [6, 6.07) is 3.85. The summed E-state index contributed by atoms with van der Waals surface area (Å²) in [5.74, 6) is -2.32. The van der Waals surface area contributed by atoms with Crippen LogP contribution in [0.15, 0.2) is 41.8 Å². The lowest BCUT2D eigenvalue weighted by Crippen LogP contribution is -2.45. The molecular formula is C17H23N3O7S. The molecular weight excluding hydrogens is 390 g/mol. The molecule has 0 aromatic heterocycles. The highest BCUT2D eigenvalue weighted by Gasteiger charge is 2.27. The van der Waals surface area contributed by atoms with E-state index in [2.05, 4.69) is 11.3 Å². The maximum absolute atomic E-state index is 12.5. The van der Waals surface area contributed by atoms with E-state index in [0.29, 0.717) is 0 Å². The van der Waals surface area contributed by atoms with Crippen molar-refractivity contribution in [2.75, 3.05) is 13.6 Å². The van der Waals surface area contributed by atoms with Crippen molar-refractivity contribution in [2.24, 2.45) is 5.92 Å². The molecule has 0 saturated carbocycles. The number of nitrogens with zero attached hydrogens (tertiary/aromatic N) is 2. The number of nitro groups is 1. The second-order valence-electron chi connectivity index (χ2n) is 6.22. The largest absolute Gasteiger partial charge is 0.481 e.